The highest BCUT2D eigenvalue weighted by molar-refractivity contribution is 7.91. The highest BCUT2D eigenvalue weighted by Gasteiger charge is 2.41. The van der Waals surface area contributed by atoms with Gasteiger partial charge in [-0.05, 0) is 49.3 Å². The Morgan fingerprint density at radius 1 is 1.38 bits per heavy atom. The number of fused-ring (bicyclic) bond motifs is 1. The van der Waals surface area contributed by atoms with E-state index in [1.807, 2.05) is 12.1 Å². The van der Waals surface area contributed by atoms with Crippen LogP contribution in [0.5, 0.6) is 0 Å². The fraction of sp³-hybridized carbons (Fsp3) is 0.625. The number of benzene rings is 1. The second-order valence-electron chi connectivity index (χ2n) is 6.55. The van der Waals surface area contributed by atoms with Crippen LogP contribution in [0.2, 0.25) is 0 Å². The van der Waals surface area contributed by atoms with Crippen molar-refractivity contribution in [2.24, 2.45) is 17.6 Å². The molecule has 2 unspecified atom stereocenters. The third kappa shape index (κ3) is 2.74. The van der Waals surface area contributed by atoms with Crippen molar-refractivity contribution in [3.05, 3.63) is 29.8 Å². The number of nitrogens with two attached hydrogens (primary N) is 1. The molecule has 2 atom stereocenters. The third-order valence-electron chi connectivity index (χ3n) is 5.07. The van der Waals surface area contributed by atoms with Crippen molar-refractivity contribution < 1.29 is 8.42 Å². The average molecular weight is 308 g/mol. The predicted octanol–water partition coefficient (Wildman–Crippen LogP) is 1.65. The minimum Gasteiger partial charge on any atom is -0.328 e. The Hall–Kier alpha value is -0.910. The molecule has 1 saturated carbocycles. The number of sulfone groups is 1. The molecule has 1 aromatic rings. The molecule has 3 N–H and O–H groups in total. The monoisotopic (exact) mass is 308 g/mol. The zero-order chi connectivity index (χ0) is 15.1. The first-order valence-electron chi connectivity index (χ1n) is 7.76. The maximum absolute atomic E-state index is 12.3. The lowest BCUT2D eigenvalue weighted by molar-refractivity contribution is 0.288. The number of hydrogen-bond acceptors (Lipinski definition) is 4. The van der Waals surface area contributed by atoms with Gasteiger partial charge < -0.3 is 11.1 Å². The molecule has 3 rings (SSSR count). The molecule has 116 valence electrons. The summed E-state index contributed by atoms with van der Waals surface area (Å²) in [5, 5.41) is 3.61. The summed E-state index contributed by atoms with van der Waals surface area (Å²) < 4.78 is 24.5. The Bertz CT molecular complexity index is 625. The topological polar surface area (TPSA) is 72.2 Å². The van der Waals surface area contributed by atoms with Gasteiger partial charge in [0.15, 0.2) is 9.84 Å². The normalized spacial score (nSPS) is 28.9. The van der Waals surface area contributed by atoms with Crippen molar-refractivity contribution in [1.29, 1.82) is 0 Å². The van der Waals surface area contributed by atoms with Gasteiger partial charge in [-0.3, -0.25) is 0 Å². The maximum Gasteiger partial charge on any atom is 0.178 e. The molecule has 0 saturated heterocycles. The summed E-state index contributed by atoms with van der Waals surface area (Å²) in [6.07, 6.45) is 3.20. The molecule has 0 aromatic heterocycles. The quantitative estimate of drug-likeness (QED) is 0.867. The summed E-state index contributed by atoms with van der Waals surface area (Å²) in [6, 6.07) is 7.31. The van der Waals surface area contributed by atoms with Crippen LogP contribution in [-0.2, 0) is 15.4 Å². The third-order valence-corrected chi connectivity index (χ3v) is 6.84. The number of rotatable bonds is 5. The molecular weight excluding hydrogens is 284 g/mol. The minimum absolute atomic E-state index is 0.173. The van der Waals surface area contributed by atoms with Crippen LogP contribution < -0.4 is 11.1 Å². The second kappa shape index (κ2) is 5.38. The van der Waals surface area contributed by atoms with Crippen LogP contribution in [0.25, 0.3) is 0 Å². The Morgan fingerprint density at radius 3 is 2.76 bits per heavy atom. The highest BCUT2D eigenvalue weighted by Crippen LogP contribution is 2.39. The van der Waals surface area contributed by atoms with E-state index in [9.17, 15) is 8.42 Å². The lowest BCUT2D eigenvalue weighted by Gasteiger charge is -2.39. The Morgan fingerprint density at radius 2 is 2.10 bits per heavy atom. The van der Waals surface area contributed by atoms with Crippen LogP contribution in [0.4, 0.5) is 0 Å². The van der Waals surface area contributed by atoms with Crippen LogP contribution in [-0.4, -0.2) is 27.3 Å². The molecule has 21 heavy (non-hydrogen) atoms. The molecule has 0 bridgehead atoms. The van der Waals surface area contributed by atoms with Crippen LogP contribution in [0, 0.1) is 11.8 Å². The van der Waals surface area contributed by atoms with Gasteiger partial charge in [-0.2, -0.15) is 0 Å². The van der Waals surface area contributed by atoms with Gasteiger partial charge in [0.1, 0.15) is 0 Å². The molecule has 1 aromatic carbocycles. The minimum atomic E-state index is -3.16. The van der Waals surface area contributed by atoms with Crippen LogP contribution in [0.1, 0.15) is 31.7 Å². The van der Waals surface area contributed by atoms with E-state index >= 15 is 0 Å². The van der Waals surface area contributed by atoms with Gasteiger partial charge in [-0.25, -0.2) is 8.42 Å². The second-order valence-corrected chi connectivity index (χ2v) is 8.62. The summed E-state index contributed by atoms with van der Waals surface area (Å²) in [5.74, 6) is 1.63. The standard InChI is InChI=1S/C16H24N2O2S/c1-12(13-6-7-13)10-18-16(11-17)8-9-21(19,20)15-5-3-2-4-14(15)16/h2-5,12-13,18H,6-11,17H2,1H3. The molecule has 1 aliphatic heterocycles. The van der Waals surface area contributed by atoms with Gasteiger partial charge in [-0.1, -0.05) is 25.1 Å². The first kappa shape index (κ1) is 15.0. The average Bonchev–Trinajstić information content (AvgIpc) is 3.32. The maximum atomic E-state index is 12.3. The molecular formula is C16H24N2O2S. The fourth-order valence-corrected chi connectivity index (χ4v) is 5.06. The van der Waals surface area contributed by atoms with Crippen molar-refractivity contribution in [3.8, 4) is 0 Å². The summed E-state index contributed by atoms with van der Waals surface area (Å²) in [5.41, 5.74) is 6.51. The van der Waals surface area contributed by atoms with E-state index in [-0.39, 0.29) is 5.75 Å². The van der Waals surface area contributed by atoms with Crippen molar-refractivity contribution >= 4 is 9.84 Å². The smallest absolute Gasteiger partial charge is 0.178 e. The van der Waals surface area contributed by atoms with E-state index in [1.165, 1.54) is 12.8 Å². The zero-order valence-electron chi connectivity index (χ0n) is 12.5. The zero-order valence-corrected chi connectivity index (χ0v) is 13.3. The lowest BCUT2D eigenvalue weighted by Crippen LogP contribution is -2.53. The summed E-state index contributed by atoms with van der Waals surface area (Å²) >= 11 is 0. The number of nitrogens with one attached hydrogen (secondary N) is 1. The van der Waals surface area contributed by atoms with Crippen molar-refractivity contribution in [2.75, 3.05) is 18.8 Å². The summed E-state index contributed by atoms with van der Waals surface area (Å²) in [6.45, 7) is 3.59. The molecule has 0 spiro atoms. The molecule has 1 fully saturated rings. The van der Waals surface area contributed by atoms with E-state index in [4.69, 9.17) is 5.73 Å². The van der Waals surface area contributed by atoms with Crippen LogP contribution in [0.15, 0.2) is 29.2 Å². The summed E-state index contributed by atoms with van der Waals surface area (Å²) in [7, 11) is -3.16. The SMILES string of the molecule is CC(CNC1(CN)CCS(=O)(=O)c2ccccc21)C1CC1. The fourth-order valence-electron chi connectivity index (χ4n) is 3.34. The van der Waals surface area contributed by atoms with E-state index < -0.39 is 15.4 Å². The Kier molecular flexibility index (Phi) is 3.84. The van der Waals surface area contributed by atoms with Gasteiger partial charge in [0.05, 0.1) is 16.2 Å². The predicted molar refractivity (Wildman–Crippen MR) is 83.7 cm³/mol. The van der Waals surface area contributed by atoms with E-state index in [2.05, 4.69) is 12.2 Å². The molecule has 0 radical (unpaired) electrons. The van der Waals surface area contributed by atoms with E-state index in [0.29, 0.717) is 23.8 Å². The van der Waals surface area contributed by atoms with Gasteiger partial charge in [0.2, 0.25) is 0 Å². The molecule has 0 amide bonds. The van der Waals surface area contributed by atoms with E-state index in [0.717, 1.165) is 18.0 Å². The molecule has 4 nitrogen and oxygen atoms in total. The molecule has 1 aliphatic carbocycles. The van der Waals surface area contributed by atoms with Crippen LogP contribution >= 0.6 is 0 Å². The van der Waals surface area contributed by atoms with Crippen LogP contribution in [0.3, 0.4) is 0 Å². The van der Waals surface area contributed by atoms with E-state index in [1.54, 1.807) is 12.1 Å². The molecule has 2 aliphatic rings. The molecule has 1 heterocycles. The molecule has 5 heteroatoms. The highest BCUT2D eigenvalue weighted by atomic mass is 32.2. The van der Waals surface area contributed by atoms with Gasteiger partial charge in [-0.15, -0.1) is 0 Å². The largest absolute Gasteiger partial charge is 0.328 e. The summed E-state index contributed by atoms with van der Waals surface area (Å²) in [4.78, 5) is 0.452. The number of hydrogen-bond donors (Lipinski definition) is 2. The van der Waals surface area contributed by atoms with Gasteiger partial charge in [0.25, 0.3) is 0 Å². The van der Waals surface area contributed by atoms with Gasteiger partial charge in [0, 0.05) is 6.54 Å². The first-order chi connectivity index (χ1) is 9.98. The lowest BCUT2D eigenvalue weighted by atomic mass is 9.86. The van der Waals surface area contributed by atoms with Gasteiger partial charge >= 0.3 is 0 Å². The van der Waals surface area contributed by atoms with Crippen molar-refractivity contribution in [3.63, 3.8) is 0 Å². The first-order valence-corrected chi connectivity index (χ1v) is 9.41. The van der Waals surface area contributed by atoms with Crippen molar-refractivity contribution in [2.45, 2.75) is 36.6 Å². The Balaban J connectivity index is 1.90. The Labute approximate surface area is 127 Å². The van der Waals surface area contributed by atoms with Crippen molar-refractivity contribution in [1.82, 2.24) is 5.32 Å².